The van der Waals surface area contributed by atoms with E-state index in [-0.39, 0.29) is 0 Å². The first-order chi connectivity index (χ1) is 12.2. The molecule has 4 rings (SSSR count). The van der Waals surface area contributed by atoms with Gasteiger partial charge < -0.3 is 0 Å². The van der Waals surface area contributed by atoms with Gasteiger partial charge >= 0.3 is 0 Å². The Kier molecular flexibility index (Phi) is 4.36. The normalized spacial score (nSPS) is 18.6. The number of nitrogens with one attached hydrogen (secondary N) is 1. The highest BCUT2D eigenvalue weighted by atomic mass is 15.3. The van der Waals surface area contributed by atoms with Crippen molar-refractivity contribution in [3.05, 3.63) is 59.4 Å². The Balaban J connectivity index is 1.60. The molecule has 0 spiro atoms. The van der Waals surface area contributed by atoms with Crippen molar-refractivity contribution in [2.24, 2.45) is 0 Å². The topological polar surface area (TPSA) is 62.6 Å². The molecule has 0 radical (unpaired) electrons. The van der Waals surface area contributed by atoms with Gasteiger partial charge in [0.25, 0.3) is 0 Å². The molecule has 25 heavy (non-hydrogen) atoms. The molecule has 3 aromatic rings. The number of likely N-dealkylation sites (tertiary alicyclic amines) is 1. The summed E-state index contributed by atoms with van der Waals surface area (Å²) in [6.07, 6.45) is 7.82. The van der Waals surface area contributed by atoms with E-state index in [4.69, 9.17) is 0 Å². The minimum atomic E-state index is 0.440. The molecule has 0 amide bonds. The maximum absolute atomic E-state index is 4.45. The van der Waals surface area contributed by atoms with Crippen LogP contribution in [-0.4, -0.2) is 43.0 Å². The summed E-state index contributed by atoms with van der Waals surface area (Å²) >= 11 is 0. The smallest absolute Gasteiger partial charge is 0.137 e. The van der Waals surface area contributed by atoms with E-state index in [1.54, 1.807) is 6.33 Å². The summed E-state index contributed by atoms with van der Waals surface area (Å²) in [7, 11) is 0. The van der Waals surface area contributed by atoms with Gasteiger partial charge in [0.05, 0.1) is 5.69 Å². The summed E-state index contributed by atoms with van der Waals surface area (Å²) in [6, 6.07) is 6.47. The molecule has 1 aliphatic rings. The van der Waals surface area contributed by atoms with Crippen molar-refractivity contribution in [1.82, 2.24) is 29.9 Å². The van der Waals surface area contributed by atoms with E-state index in [0.717, 1.165) is 25.5 Å². The molecule has 1 aliphatic heterocycles. The molecule has 0 unspecified atom stereocenters. The SMILES string of the molecule is Cc1cc(C)c(CN2CCC[C@@H](c3ncn[nH]3)C2)c(-n2cccn2)c1. The summed E-state index contributed by atoms with van der Waals surface area (Å²) in [6.45, 7) is 7.42. The van der Waals surface area contributed by atoms with E-state index in [1.165, 1.54) is 35.2 Å². The number of aryl methyl sites for hydroxylation is 2. The van der Waals surface area contributed by atoms with Crippen molar-refractivity contribution in [3.8, 4) is 5.69 Å². The third kappa shape index (κ3) is 3.35. The van der Waals surface area contributed by atoms with Gasteiger partial charge in [0.15, 0.2) is 0 Å². The van der Waals surface area contributed by atoms with Crippen LogP contribution in [0.4, 0.5) is 0 Å². The number of aromatic nitrogens is 5. The predicted molar refractivity (Wildman–Crippen MR) is 96.7 cm³/mol. The molecule has 1 aromatic carbocycles. The lowest BCUT2D eigenvalue weighted by Crippen LogP contribution is -2.34. The van der Waals surface area contributed by atoms with Gasteiger partial charge in [-0.2, -0.15) is 10.2 Å². The molecule has 0 aliphatic carbocycles. The number of hydrogen-bond acceptors (Lipinski definition) is 4. The third-order valence-electron chi connectivity index (χ3n) is 5.05. The van der Waals surface area contributed by atoms with Crippen LogP contribution in [0.1, 0.15) is 41.3 Å². The van der Waals surface area contributed by atoms with Crippen LogP contribution in [0.2, 0.25) is 0 Å². The Morgan fingerprint density at radius 3 is 2.96 bits per heavy atom. The van der Waals surface area contributed by atoms with Gasteiger partial charge in [0.2, 0.25) is 0 Å². The second kappa shape index (κ2) is 6.80. The first-order valence-electron chi connectivity index (χ1n) is 8.88. The lowest BCUT2D eigenvalue weighted by Gasteiger charge is -2.32. The van der Waals surface area contributed by atoms with Crippen LogP contribution in [0.3, 0.4) is 0 Å². The van der Waals surface area contributed by atoms with E-state index in [9.17, 15) is 0 Å². The van der Waals surface area contributed by atoms with Gasteiger partial charge in [0, 0.05) is 31.4 Å². The van der Waals surface area contributed by atoms with Crippen LogP contribution in [0, 0.1) is 13.8 Å². The zero-order valence-electron chi connectivity index (χ0n) is 14.8. The summed E-state index contributed by atoms with van der Waals surface area (Å²) in [4.78, 5) is 6.89. The molecule has 2 aromatic heterocycles. The van der Waals surface area contributed by atoms with Gasteiger partial charge in [-0.1, -0.05) is 6.07 Å². The summed E-state index contributed by atoms with van der Waals surface area (Å²) < 4.78 is 1.98. The average Bonchev–Trinajstić information content (AvgIpc) is 3.31. The molecular formula is C19H24N6. The molecule has 6 heteroatoms. The standard InChI is InChI=1S/C19H24N6/c1-14-9-15(2)17(18(10-14)25-8-4-6-22-25)12-24-7-3-5-16(11-24)19-20-13-21-23-19/h4,6,8-10,13,16H,3,5,7,11-12H2,1-2H3,(H,20,21,23)/t16-/m1/s1. The van der Waals surface area contributed by atoms with Crippen LogP contribution < -0.4 is 0 Å². The second-order valence-electron chi connectivity index (χ2n) is 6.98. The molecule has 130 valence electrons. The van der Waals surface area contributed by atoms with Gasteiger partial charge in [-0.15, -0.1) is 0 Å². The van der Waals surface area contributed by atoms with Crippen molar-refractivity contribution < 1.29 is 0 Å². The zero-order chi connectivity index (χ0) is 17.2. The number of nitrogens with zero attached hydrogens (tertiary/aromatic N) is 5. The fourth-order valence-electron chi connectivity index (χ4n) is 3.85. The predicted octanol–water partition coefficient (Wildman–Crippen LogP) is 2.99. The van der Waals surface area contributed by atoms with Crippen LogP contribution in [0.5, 0.6) is 0 Å². The molecule has 1 fully saturated rings. The first kappa shape index (κ1) is 16.0. The maximum atomic E-state index is 4.45. The summed E-state index contributed by atoms with van der Waals surface area (Å²) in [5.41, 5.74) is 5.13. The zero-order valence-corrected chi connectivity index (χ0v) is 14.8. The number of H-pyrrole nitrogens is 1. The molecule has 3 heterocycles. The fourth-order valence-corrected chi connectivity index (χ4v) is 3.85. The number of benzene rings is 1. The number of rotatable bonds is 4. The van der Waals surface area contributed by atoms with E-state index in [2.05, 4.69) is 51.2 Å². The van der Waals surface area contributed by atoms with Gasteiger partial charge in [0.1, 0.15) is 12.2 Å². The minimum absolute atomic E-state index is 0.440. The van der Waals surface area contributed by atoms with Crippen molar-refractivity contribution in [1.29, 1.82) is 0 Å². The molecule has 1 saturated heterocycles. The first-order valence-corrected chi connectivity index (χ1v) is 8.88. The van der Waals surface area contributed by atoms with Crippen molar-refractivity contribution in [2.75, 3.05) is 13.1 Å². The van der Waals surface area contributed by atoms with Gasteiger partial charge in [-0.25, -0.2) is 9.67 Å². The number of aromatic amines is 1. The summed E-state index contributed by atoms with van der Waals surface area (Å²) in [5, 5.41) is 11.5. The minimum Gasteiger partial charge on any atom is -0.298 e. The Hall–Kier alpha value is -2.47. The molecular weight excluding hydrogens is 312 g/mol. The highest BCUT2D eigenvalue weighted by Crippen LogP contribution is 2.28. The monoisotopic (exact) mass is 336 g/mol. The Labute approximate surface area is 147 Å². The Bertz CT molecular complexity index is 822. The van der Waals surface area contributed by atoms with E-state index < -0.39 is 0 Å². The quantitative estimate of drug-likeness (QED) is 0.795. The molecule has 1 atom stereocenters. The van der Waals surface area contributed by atoms with Crippen LogP contribution in [0.25, 0.3) is 5.69 Å². The highest BCUT2D eigenvalue weighted by Gasteiger charge is 2.24. The van der Waals surface area contributed by atoms with E-state index >= 15 is 0 Å². The summed E-state index contributed by atoms with van der Waals surface area (Å²) in [5.74, 6) is 1.45. The fraction of sp³-hybridized carbons (Fsp3) is 0.421. The second-order valence-corrected chi connectivity index (χ2v) is 6.98. The molecule has 0 bridgehead atoms. The molecule has 6 nitrogen and oxygen atoms in total. The number of hydrogen-bond donors (Lipinski definition) is 1. The Morgan fingerprint density at radius 1 is 1.28 bits per heavy atom. The average molecular weight is 336 g/mol. The Morgan fingerprint density at radius 2 is 2.20 bits per heavy atom. The van der Waals surface area contributed by atoms with Crippen molar-refractivity contribution in [2.45, 2.75) is 39.2 Å². The van der Waals surface area contributed by atoms with Crippen LogP contribution in [-0.2, 0) is 6.54 Å². The maximum Gasteiger partial charge on any atom is 0.137 e. The molecule has 1 N–H and O–H groups in total. The van der Waals surface area contributed by atoms with Gasteiger partial charge in [-0.05, 0) is 62.1 Å². The van der Waals surface area contributed by atoms with E-state index in [1.807, 2.05) is 23.1 Å². The van der Waals surface area contributed by atoms with Crippen molar-refractivity contribution >= 4 is 0 Å². The van der Waals surface area contributed by atoms with E-state index in [0.29, 0.717) is 5.92 Å². The third-order valence-corrected chi connectivity index (χ3v) is 5.05. The van der Waals surface area contributed by atoms with Crippen molar-refractivity contribution in [3.63, 3.8) is 0 Å². The lowest BCUT2D eigenvalue weighted by molar-refractivity contribution is 0.196. The highest BCUT2D eigenvalue weighted by molar-refractivity contribution is 5.48. The lowest BCUT2D eigenvalue weighted by atomic mass is 9.95. The number of piperidine rings is 1. The largest absolute Gasteiger partial charge is 0.298 e. The van der Waals surface area contributed by atoms with Gasteiger partial charge in [-0.3, -0.25) is 10.00 Å². The van der Waals surface area contributed by atoms with Crippen LogP contribution >= 0.6 is 0 Å². The van der Waals surface area contributed by atoms with Crippen LogP contribution in [0.15, 0.2) is 36.9 Å². The molecule has 0 saturated carbocycles.